The lowest BCUT2D eigenvalue weighted by atomic mass is 9.86. The van der Waals surface area contributed by atoms with Gasteiger partial charge in [-0.3, -0.25) is 4.98 Å². The van der Waals surface area contributed by atoms with Gasteiger partial charge in [0.2, 0.25) is 11.7 Å². The van der Waals surface area contributed by atoms with E-state index in [1.54, 1.807) is 6.20 Å². The first-order chi connectivity index (χ1) is 8.83. The van der Waals surface area contributed by atoms with E-state index in [2.05, 4.69) is 15.1 Å². The average molecular weight is 244 g/mol. The summed E-state index contributed by atoms with van der Waals surface area (Å²) in [6.45, 7) is 0. The molecular formula is C13H16N4O. The van der Waals surface area contributed by atoms with Crippen molar-refractivity contribution >= 4 is 0 Å². The van der Waals surface area contributed by atoms with Crippen LogP contribution in [0.1, 0.15) is 37.5 Å². The maximum Gasteiger partial charge on any atom is 0.230 e. The summed E-state index contributed by atoms with van der Waals surface area (Å²) in [6.07, 6.45) is 5.86. The zero-order chi connectivity index (χ0) is 12.4. The molecule has 1 aliphatic rings. The van der Waals surface area contributed by atoms with Gasteiger partial charge in [0.15, 0.2) is 0 Å². The predicted molar refractivity (Wildman–Crippen MR) is 66.7 cm³/mol. The Bertz CT molecular complexity index is 503. The quantitative estimate of drug-likeness (QED) is 0.875. The van der Waals surface area contributed by atoms with Crippen LogP contribution in [0.5, 0.6) is 0 Å². The van der Waals surface area contributed by atoms with Gasteiger partial charge in [-0.05, 0) is 37.8 Å². The summed E-state index contributed by atoms with van der Waals surface area (Å²) < 4.78 is 5.35. The highest BCUT2D eigenvalue weighted by molar-refractivity contribution is 5.47. The minimum Gasteiger partial charge on any atom is -0.339 e. The normalized spacial score (nSPS) is 24.1. The zero-order valence-corrected chi connectivity index (χ0v) is 10.1. The third-order valence-corrected chi connectivity index (χ3v) is 3.46. The zero-order valence-electron chi connectivity index (χ0n) is 10.1. The molecule has 5 heteroatoms. The molecule has 0 aromatic carbocycles. The Hall–Kier alpha value is -1.75. The first-order valence-corrected chi connectivity index (χ1v) is 6.33. The molecule has 18 heavy (non-hydrogen) atoms. The number of nitrogens with zero attached hydrogens (tertiary/aromatic N) is 3. The first kappa shape index (κ1) is 11.3. The van der Waals surface area contributed by atoms with Crippen molar-refractivity contribution in [1.82, 2.24) is 15.1 Å². The van der Waals surface area contributed by atoms with Crippen molar-refractivity contribution in [2.45, 2.75) is 37.6 Å². The topological polar surface area (TPSA) is 77.8 Å². The molecule has 0 spiro atoms. The van der Waals surface area contributed by atoms with E-state index < -0.39 is 0 Å². The maximum absolute atomic E-state index is 5.89. The Morgan fingerprint density at radius 1 is 1.17 bits per heavy atom. The largest absolute Gasteiger partial charge is 0.339 e. The summed E-state index contributed by atoms with van der Waals surface area (Å²) in [4.78, 5) is 8.66. The molecule has 3 rings (SSSR count). The smallest absolute Gasteiger partial charge is 0.230 e. The number of pyridine rings is 1. The van der Waals surface area contributed by atoms with Gasteiger partial charge in [0.1, 0.15) is 5.69 Å². The molecule has 0 radical (unpaired) electrons. The molecule has 2 aromatic heterocycles. The van der Waals surface area contributed by atoms with Gasteiger partial charge in [0, 0.05) is 18.2 Å². The molecule has 0 bridgehead atoms. The lowest BCUT2D eigenvalue weighted by Gasteiger charge is -2.22. The fourth-order valence-electron chi connectivity index (χ4n) is 2.37. The van der Waals surface area contributed by atoms with Crippen molar-refractivity contribution in [3.8, 4) is 11.5 Å². The molecule has 1 saturated carbocycles. The lowest BCUT2D eigenvalue weighted by Crippen LogP contribution is -2.25. The van der Waals surface area contributed by atoms with Gasteiger partial charge >= 0.3 is 0 Å². The Kier molecular flexibility index (Phi) is 3.06. The molecule has 0 amide bonds. The number of hydrogen-bond acceptors (Lipinski definition) is 5. The van der Waals surface area contributed by atoms with E-state index >= 15 is 0 Å². The van der Waals surface area contributed by atoms with E-state index in [0.717, 1.165) is 37.3 Å². The highest BCUT2D eigenvalue weighted by atomic mass is 16.5. The standard InChI is InChI=1S/C13H16N4O/c14-10-6-4-9(5-7-10)13-16-12(17-18-13)11-3-1-2-8-15-11/h1-3,8-10H,4-7,14H2. The Balaban J connectivity index is 1.78. The van der Waals surface area contributed by atoms with E-state index in [-0.39, 0.29) is 0 Å². The molecule has 2 aromatic rings. The maximum atomic E-state index is 5.89. The summed E-state index contributed by atoms with van der Waals surface area (Å²) in [7, 11) is 0. The minimum absolute atomic E-state index is 0.333. The lowest BCUT2D eigenvalue weighted by molar-refractivity contribution is 0.301. The van der Waals surface area contributed by atoms with Crippen molar-refractivity contribution < 1.29 is 4.52 Å². The highest BCUT2D eigenvalue weighted by Crippen LogP contribution is 2.31. The van der Waals surface area contributed by atoms with E-state index in [0.29, 0.717) is 17.8 Å². The number of nitrogens with two attached hydrogens (primary N) is 1. The van der Waals surface area contributed by atoms with E-state index in [1.165, 1.54) is 0 Å². The van der Waals surface area contributed by atoms with Crippen LogP contribution < -0.4 is 5.73 Å². The fourth-order valence-corrected chi connectivity index (χ4v) is 2.37. The second-order valence-electron chi connectivity index (χ2n) is 4.78. The third-order valence-electron chi connectivity index (χ3n) is 3.46. The third kappa shape index (κ3) is 2.26. The van der Waals surface area contributed by atoms with Crippen LogP contribution in [0.25, 0.3) is 11.5 Å². The van der Waals surface area contributed by atoms with E-state index in [4.69, 9.17) is 10.3 Å². The fraction of sp³-hybridized carbons (Fsp3) is 0.462. The van der Waals surface area contributed by atoms with Crippen LogP contribution >= 0.6 is 0 Å². The number of aromatic nitrogens is 3. The molecule has 0 unspecified atom stereocenters. The second kappa shape index (κ2) is 4.86. The van der Waals surface area contributed by atoms with Crippen molar-refractivity contribution in [2.75, 3.05) is 0 Å². The Morgan fingerprint density at radius 2 is 2.00 bits per heavy atom. The summed E-state index contributed by atoms with van der Waals surface area (Å²) in [5.74, 6) is 1.65. The number of rotatable bonds is 2. The van der Waals surface area contributed by atoms with Crippen LogP contribution in [-0.2, 0) is 0 Å². The molecule has 1 fully saturated rings. The summed E-state index contributed by atoms with van der Waals surface area (Å²) >= 11 is 0. The van der Waals surface area contributed by atoms with E-state index in [1.807, 2.05) is 18.2 Å². The molecule has 94 valence electrons. The van der Waals surface area contributed by atoms with Crippen molar-refractivity contribution in [1.29, 1.82) is 0 Å². The molecule has 0 atom stereocenters. The SMILES string of the molecule is NC1CCC(c2nc(-c3ccccn3)no2)CC1. The van der Waals surface area contributed by atoms with Crippen LogP contribution in [-0.4, -0.2) is 21.2 Å². The van der Waals surface area contributed by atoms with Crippen molar-refractivity contribution in [2.24, 2.45) is 5.73 Å². The molecular weight excluding hydrogens is 228 g/mol. The average Bonchev–Trinajstić information content (AvgIpc) is 2.90. The predicted octanol–water partition coefficient (Wildman–Crippen LogP) is 2.12. The Labute approximate surface area is 105 Å². The van der Waals surface area contributed by atoms with Crippen molar-refractivity contribution in [3.63, 3.8) is 0 Å². The van der Waals surface area contributed by atoms with Gasteiger partial charge < -0.3 is 10.3 Å². The summed E-state index contributed by atoms with van der Waals surface area (Å²) in [6, 6.07) is 6.00. The molecule has 2 N–H and O–H groups in total. The van der Waals surface area contributed by atoms with E-state index in [9.17, 15) is 0 Å². The van der Waals surface area contributed by atoms with Gasteiger partial charge in [-0.15, -0.1) is 0 Å². The molecule has 1 aliphatic carbocycles. The van der Waals surface area contributed by atoms with Crippen molar-refractivity contribution in [3.05, 3.63) is 30.3 Å². The molecule has 2 heterocycles. The molecule has 0 saturated heterocycles. The number of hydrogen-bond donors (Lipinski definition) is 1. The first-order valence-electron chi connectivity index (χ1n) is 6.33. The molecule has 5 nitrogen and oxygen atoms in total. The Morgan fingerprint density at radius 3 is 2.72 bits per heavy atom. The highest BCUT2D eigenvalue weighted by Gasteiger charge is 2.25. The van der Waals surface area contributed by atoms with Gasteiger partial charge in [-0.1, -0.05) is 11.2 Å². The second-order valence-corrected chi connectivity index (χ2v) is 4.78. The van der Waals surface area contributed by atoms with Crippen LogP contribution in [0, 0.1) is 0 Å². The van der Waals surface area contributed by atoms with Crippen LogP contribution in [0.3, 0.4) is 0 Å². The summed E-state index contributed by atoms with van der Waals surface area (Å²) in [5, 5.41) is 4.00. The summed E-state index contributed by atoms with van der Waals surface area (Å²) in [5.41, 5.74) is 6.64. The van der Waals surface area contributed by atoms with Gasteiger partial charge in [-0.25, -0.2) is 0 Å². The van der Waals surface area contributed by atoms with Gasteiger partial charge in [0.25, 0.3) is 0 Å². The van der Waals surface area contributed by atoms with Gasteiger partial charge in [0.05, 0.1) is 0 Å². The molecule has 0 aliphatic heterocycles. The van der Waals surface area contributed by atoms with Gasteiger partial charge in [-0.2, -0.15) is 4.98 Å². The monoisotopic (exact) mass is 244 g/mol. The van der Waals surface area contributed by atoms with Crippen LogP contribution in [0.4, 0.5) is 0 Å². The van der Waals surface area contributed by atoms with Crippen LogP contribution in [0.2, 0.25) is 0 Å². The van der Waals surface area contributed by atoms with Crippen LogP contribution in [0.15, 0.2) is 28.9 Å². The minimum atomic E-state index is 0.333.